The third-order valence-electron chi connectivity index (χ3n) is 4.01. The molecule has 27 heavy (non-hydrogen) atoms. The van der Waals surface area contributed by atoms with Gasteiger partial charge in [0.2, 0.25) is 0 Å². The van der Waals surface area contributed by atoms with Gasteiger partial charge in [0.15, 0.2) is 5.96 Å². The van der Waals surface area contributed by atoms with Crippen LogP contribution in [0.15, 0.2) is 4.99 Å². The van der Waals surface area contributed by atoms with E-state index in [2.05, 4.69) is 27.4 Å². The summed E-state index contributed by atoms with van der Waals surface area (Å²) in [5, 5.41) is 6.52. The van der Waals surface area contributed by atoms with Gasteiger partial charge in [0.25, 0.3) is 0 Å². The zero-order valence-electron chi connectivity index (χ0n) is 17.8. The first-order valence-electron chi connectivity index (χ1n) is 10.2. The number of ether oxygens (including phenoxy) is 2. The molecule has 0 atom stereocenters. The lowest BCUT2D eigenvalue weighted by atomic mass is 10.2. The molecule has 158 valence electrons. The zero-order chi connectivity index (χ0) is 20.1. The Morgan fingerprint density at radius 2 is 1.81 bits per heavy atom. The monoisotopic (exact) mass is 385 g/mol. The maximum absolute atomic E-state index is 12.1. The van der Waals surface area contributed by atoms with Crippen LogP contribution in [0, 0.1) is 0 Å². The van der Waals surface area contributed by atoms with Gasteiger partial charge in [0, 0.05) is 59.0 Å². The average Bonchev–Trinajstić information content (AvgIpc) is 2.61. The minimum Gasteiger partial charge on any atom is -0.444 e. The van der Waals surface area contributed by atoms with E-state index >= 15 is 0 Å². The van der Waals surface area contributed by atoms with Crippen LogP contribution >= 0.6 is 0 Å². The minimum atomic E-state index is -0.437. The third-order valence-corrected chi connectivity index (χ3v) is 4.01. The summed E-state index contributed by atoms with van der Waals surface area (Å²) in [6.07, 6.45) is 0.786. The number of carbonyl (C=O) groups excluding carboxylic acids is 1. The largest absolute Gasteiger partial charge is 0.444 e. The molecule has 0 unspecified atom stereocenters. The van der Waals surface area contributed by atoms with Crippen molar-refractivity contribution in [1.29, 1.82) is 0 Å². The molecule has 0 aliphatic carbocycles. The Labute approximate surface area is 164 Å². The maximum Gasteiger partial charge on any atom is 0.410 e. The van der Waals surface area contributed by atoms with Gasteiger partial charge in [-0.05, 0) is 41.0 Å². The van der Waals surface area contributed by atoms with Gasteiger partial charge in [-0.15, -0.1) is 0 Å². The summed E-state index contributed by atoms with van der Waals surface area (Å²) in [6, 6.07) is 0. The Balaban J connectivity index is 2.23. The van der Waals surface area contributed by atoms with E-state index in [0.717, 1.165) is 71.3 Å². The molecule has 1 saturated heterocycles. The number of piperazine rings is 1. The molecule has 0 aromatic heterocycles. The van der Waals surface area contributed by atoms with Crippen molar-refractivity contribution in [3.8, 4) is 0 Å². The molecule has 1 fully saturated rings. The van der Waals surface area contributed by atoms with E-state index in [4.69, 9.17) is 9.47 Å². The average molecular weight is 386 g/mol. The molecule has 0 aromatic carbocycles. The van der Waals surface area contributed by atoms with E-state index in [1.54, 1.807) is 4.90 Å². The number of nitrogens with zero attached hydrogens (tertiary/aromatic N) is 3. The van der Waals surface area contributed by atoms with Gasteiger partial charge in [-0.3, -0.25) is 9.89 Å². The predicted molar refractivity (Wildman–Crippen MR) is 109 cm³/mol. The van der Waals surface area contributed by atoms with Crippen molar-refractivity contribution in [2.75, 3.05) is 65.6 Å². The van der Waals surface area contributed by atoms with Crippen molar-refractivity contribution < 1.29 is 14.3 Å². The highest BCUT2D eigenvalue weighted by molar-refractivity contribution is 5.79. The van der Waals surface area contributed by atoms with Gasteiger partial charge < -0.3 is 25.0 Å². The molecule has 8 nitrogen and oxygen atoms in total. The van der Waals surface area contributed by atoms with Crippen LogP contribution in [-0.2, 0) is 9.47 Å². The Bertz CT molecular complexity index is 443. The number of guanidine groups is 1. The van der Waals surface area contributed by atoms with Crippen molar-refractivity contribution >= 4 is 12.1 Å². The second kappa shape index (κ2) is 12.8. The van der Waals surface area contributed by atoms with E-state index in [9.17, 15) is 4.79 Å². The Morgan fingerprint density at radius 3 is 2.41 bits per heavy atom. The van der Waals surface area contributed by atoms with E-state index in [0.29, 0.717) is 6.61 Å². The van der Waals surface area contributed by atoms with Crippen LogP contribution in [0.1, 0.15) is 41.0 Å². The van der Waals surface area contributed by atoms with E-state index in [-0.39, 0.29) is 6.09 Å². The topological polar surface area (TPSA) is 78.4 Å². The van der Waals surface area contributed by atoms with Crippen LogP contribution in [0.25, 0.3) is 0 Å². The molecule has 0 spiro atoms. The molecule has 1 amide bonds. The predicted octanol–water partition coefficient (Wildman–Crippen LogP) is 1.52. The van der Waals surface area contributed by atoms with Crippen LogP contribution in [0.5, 0.6) is 0 Å². The summed E-state index contributed by atoms with van der Waals surface area (Å²) in [6.45, 7) is 17.7. The van der Waals surface area contributed by atoms with E-state index in [1.165, 1.54) is 0 Å². The number of amides is 1. The first-order chi connectivity index (χ1) is 12.9. The fourth-order valence-electron chi connectivity index (χ4n) is 2.69. The molecule has 1 heterocycles. The quantitative estimate of drug-likeness (QED) is 0.356. The number of hydrogen-bond donors (Lipinski definition) is 2. The summed E-state index contributed by atoms with van der Waals surface area (Å²) < 4.78 is 10.8. The molecular formula is C19H39N5O3. The van der Waals surface area contributed by atoms with Gasteiger partial charge in [-0.25, -0.2) is 4.79 Å². The number of nitrogens with one attached hydrogen (secondary N) is 2. The Hall–Kier alpha value is -1.54. The lowest BCUT2D eigenvalue weighted by molar-refractivity contribution is 0.0145. The molecule has 2 N–H and O–H groups in total. The Kier molecular flexibility index (Phi) is 11.1. The van der Waals surface area contributed by atoms with Gasteiger partial charge in [-0.1, -0.05) is 0 Å². The number of hydrogen-bond acceptors (Lipinski definition) is 5. The normalized spacial score (nSPS) is 16.3. The van der Waals surface area contributed by atoms with Crippen molar-refractivity contribution in [3.63, 3.8) is 0 Å². The fraction of sp³-hybridized carbons (Fsp3) is 0.895. The van der Waals surface area contributed by atoms with Crippen molar-refractivity contribution in [3.05, 3.63) is 0 Å². The smallest absolute Gasteiger partial charge is 0.410 e. The van der Waals surface area contributed by atoms with Gasteiger partial charge in [-0.2, -0.15) is 0 Å². The first-order valence-corrected chi connectivity index (χ1v) is 10.2. The number of rotatable bonds is 9. The number of aliphatic imine (C=N–C) groups is 1. The molecule has 1 aliphatic heterocycles. The van der Waals surface area contributed by atoms with Crippen LogP contribution in [0.2, 0.25) is 0 Å². The third kappa shape index (κ3) is 11.0. The van der Waals surface area contributed by atoms with Gasteiger partial charge >= 0.3 is 6.09 Å². The molecule has 0 aromatic rings. The highest BCUT2D eigenvalue weighted by Crippen LogP contribution is 2.11. The SMILES string of the molecule is CCNC(=NCCCN1CCN(C(=O)OC(C)(C)C)CC1)NCCOCC. The zero-order valence-corrected chi connectivity index (χ0v) is 17.8. The molecule has 8 heteroatoms. The lowest BCUT2D eigenvalue weighted by Crippen LogP contribution is -2.50. The molecule has 1 rings (SSSR count). The lowest BCUT2D eigenvalue weighted by Gasteiger charge is -2.35. The summed E-state index contributed by atoms with van der Waals surface area (Å²) in [4.78, 5) is 20.9. The summed E-state index contributed by atoms with van der Waals surface area (Å²) in [5.41, 5.74) is -0.437. The highest BCUT2D eigenvalue weighted by Gasteiger charge is 2.25. The number of carbonyl (C=O) groups is 1. The Morgan fingerprint density at radius 1 is 1.11 bits per heavy atom. The van der Waals surface area contributed by atoms with Crippen molar-refractivity contribution in [2.45, 2.75) is 46.6 Å². The molecular weight excluding hydrogens is 346 g/mol. The van der Waals surface area contributed by atoms with Crippen LogP contribution in [0.4, 0.5) is 4.79 Å². The maximum atomic E-state index is 12.1. The molecule has 0 radical (unpaired) electrons. The highest BCUT2D eigenvalue weighted by atomic mass is 16.6. The van der Waals surface area contributed by atoms with Crippen LogP contribution < -0.4 is 10.6 Å². The van der Waals surface area contributed by atoms with Gasteiger partial charge in [0.05, 0.1) is 6.61 Å². The molecule has 0 bridgehead atoms. The summed E-state index contributed by atoms with van der Waals surface area (Å²) in [7, 11) is 0. The second-order valence-electron chi connectivity index (χ2n) is 7.55. The van der Waals surface area contributed by atoms with Gasteiger partial charge in [0.1, 0.15) is 5.60 Å². The van der Waals surface area contributed by atoms with Crippen molar-refractivity contribution in [2.24, 2.45) is 4.99 Å². The minimum absolute atomic E-state index is 0.208. The molecule has 1 aliphatic rings. The first kappa shape index (κ1) is 23.5. The molecule has 0 saturated carbocycles. The second-order valence-corrected chi connectivity index (χ2v) is 7.55. The van der Waals surface area contributed by atoms with E-state index < -0.39 is 5.60 Å². The standard InChI is InChI=1S/C19H39N5O3/c1-6-20-17(22-10-16-26-7-2)21-9-8-11-23-12-14-24(15-13-23)18(25)27-19(3,4)5/h6-16H2,1-5H3,(H2,20,21,22). The van der Waals surface area contributed by atoms with Crippen LogP contribution in [0.3, 0.4) is 0 Å². The fourth-order valence-corrected chi connectivity index (χ4v) is 2.69. The summed E-state index contributed by atoms with van der Waals surface area (Å²) >= 11 is 0. The van der Waals surface area contributed by atoms with Crippen molar-refractivity contribution in [1.82, 2.24) is 20.4 Å². The van der Waals surface area contributed by atoms with E-state index in [1.807, 2.05) is 27.7 Å². The summed E-state index contributed by atoms with van der Waals surface area (Å²) in [5.74, 6) is 0.840. The van der Waals surface area contributed by atoms with Crippen LogP contribution in [-0.4, -0.2) is 93.0 Å².